The van der Waals surface area contributed by atoms with Crippen LogP contribution in [0, 0.1) is 6.92 Å². The molecule has 1 N–H and O–H groups in total. The number of fused-ring (bicyclic) bond motifs is 1. The van der Waals surface area contributed by atoms with Crippen LogP contribution in [-0.4, -0.2) is 21.1 Å². The summed E-state index contributed by atoms with van der Waals surface area (Å²) in [7, 11) is 0. The van der Waals surface area contributed by atoms with E-state index in [0.29, 0.717) is 5.13 Å². The summed E-state index contributed by atoms with van der Waals surface area (Å²) in [5, 5.41) is 14.0. The van der Waals surface area contributed by atoms with E-state index >= 15 is 0 Å². The molecule has 0 aliphatic carbocycles. The summed E-state index contributed by atoms with van der Waals surface area (Å²) in [5.74, 6) is -0.299. The van der Waals surface area contributed by atoms with Crippen LogP contribution in [0.15, 0.2) is 35.7 Å². The van der Waals surface area contributed by atoms with Crippen LogP contribution in [-0.2, 0) is 0 Å². The molecule has 3 aromatic rings. The van der Waals surface area contributed by atoms with Gasteiger partial charge in [-0.1, -0.05) is 18.2 Å². The number of rotatable bonds is 2. The Morgan fingerprint density at radius 3 is 2.89 bits per heavy atom. The van der Waals surface area contributed by atoms with Gasteiger partial charge in [-0.2, -0.15) is 0 Å². The molecular formula is C13H10N4OS. The largest absolute Gasteiger partial charge is 0.296 e. The summed E-state index contributed by atoms with van der Waals surface area (Å²) in [6, 6.07) is 9.26. The van der Waals surface area contributed by atoms with Crippen molar-refractivity contribution in [2.45, 2.75) is 6.92 Å². The van der Waals surface area contributed by atoms with E-state index in [9.17, 15) is 4.79 Å². The van der Waals surface area contributed by atoms with E-state index in [1.165, 1.54) is 11.3 Å². The Hall–Kier alpha value is -2.34. The molecule has 0 bridgehead atoms. The average molecular weight is 270 g/mol. The summed E-state index contributed by atoms with van der Waals surface area (Å²) in [4.78, 5) is 16.2. The van der Waals surface area contributed by atoms with Crippen molar-refractivity contribution in [3.05, 3.63) is 47.1 Å². The van der Waals surface area contributed by atoms with Crippen LogP contribution < -0.4 is 5.32 Å². The van der Waals surface area contributed by atoms with E-state index in [1.807, 2.05) is 36.6 Å². The van der Waals surface area contributed by atoms with Gasteiger partial charge in [0.1, 0.15) is 0 Å². The third-order valence-corrected chi connectivity index (χ3v) is 3.44. The monoisotopic (exact) mass is 270 g/mol. The lowest BCUT2D eigenvalue weighted by Crippen LogP contribution is -2.14. The third-order valence-electron chi connectivity index (χ3n) is 2.57. The Morgan fingerprint density at radius 2 is 2.11 bits per heavy atom. The van der Waals surface area contributed by atoms with Crippen LogP contribution in [0.5, 0.6) is 0 Å². The van der Waals surface area contributed by atoms with Gasteiger partial charge in [-0.25, -0.2) is 4.98 Å². The van der Waals surface area contributed by atoms with Gasteiger partial charge in [0.25, 0.3) is 5.91 Å². The molecule has 2 aromatic heterocycles. The Morgan fingerprint density at radius 1 is 1.26 bits per heavy atom. The summed E-state index contributed by atoms with van der Waals surface area (Å²) >= 11 is 1.38. The van der Waals surface area contributed by atoms with Gasteiger partial charge >= 0.3 is 0 Å². The molecule has 0 saturated heterocycles. The lowest BCUT2D eigenvalue weighted by Gasteiger charge is -2.01. The van der Waals surface area contributed by atoms with E-state index in [-0.39, 0.29) is 11.6 Å². The summed E-state index contributed by atoms with van der Waals surface area (Å²) in [6.07, 6.45) is 0. The topological polar surface area (TPSA) is 67.8 Å². The Balaban J connectivity index is 1.89. The highest BCUT2D eigenvalue weighted by atomic mass is 32.1. The van der Waals surface area contributed by atoms with Crippen molar-refractivity contribution in [1.82, 2.24) is 15.2 Å². The van der Waals surface area contributed by atoms with Crippen molar-refractivity contribution < 1.29 is 4.79 Å². The van der Waals surface area contributed by atoms with Gasteiger partial charge in [0.05, 0.1) is 11.2 Å². The van der Waals surface area contributed by atoms with Gasteiger partial charge in [0.2, 0.25) is 0 Å². The number of aryl methyl sites for hydroxylation is 1. The minimum atomic E-state index is -0.299. The van der Waals surface area contributed by atoms with Crippen molar-refractivity contribution in [2.75, 3.05) is 5.32 Å². The number of carbonyl (C=O) groups is 1. The Kier molecular flexibility index (Phi) is 2.92. The van der Waals surface area contributed by atoms with Gasteiger partial charge in [-0.15, -0.1) is 21.5 Å². The van der Waals surface area contributed by atoms with Gasteiger partial charge < -0.3 is 0 Å². The normalized spacial score (nSPS) is 10.6. The molecule has 1 aromatic carbocycles. The molecule has 94 valence electrons. The van der Waals surface area contributed by atoms with Crippen molar-refractivity contribution in [3.63, 3.8) is 0 Å². The summed E-state index contributed by atoms with van der Waals surface area (Å²) < 4.78 is 0. The van der Waals surface area contributed by atoms with Crippen LogP contribution in [0.1, 0.15) is 16.2 Å². The number of thiazole rings is 1. The first-order valence-corrected chi connectivity index (χ1v) is 6.56. The second-order valence-electron chi connectivity index (χ2n) is 4.04. The maximum atomic E-state index is 12.0. The maximum absolute atomic E-state index is 12.0. The van der Waals surface area contributed by atoms with Crippen LogP contribution in [0.3, 0.4) is 0 Å². The molecule has 5 nitrogen and oxygen atoms in total. The highest BCUT2D eigenvalue weighted by molar-refractivity contribution is 7.13. The number of hydrogen-bond acceptors (Lipinski definition) is 5. The van der Waals surface area contributed by atoms with Crippen LogP contribution >= 0.6 is 11.3 Å². The number of carbonyl (C=O) groups excluding carboxylic acids is 1. The Bertz CT molecular complexity index is 753. The fourth-order valence-electron chi connectivity index (χ4n) is 1.67. The predicted molar refractivity (Wildman–Crippen MR) is 74.3 cm³/mol. The van der Waals surface area contributed by atoms with Crippen molar-refractivity contribution in [2.24, 2.45) is 0 Å². The first-order chi connectivity index (χ1) is 9.22. The first-order valence-electron chi connectivity index (χ1n) is 5.68. The van der Waals surface area contributed by atoms with Crippen LogP contribution in [0.25, 0.3) is 10.9 Å². The number of amides is 1. The SMILES string of the molecule is Cc1csc(NC(=O)c2cc3ccccc3nn2)n1. The van der Waals surface area contributed by atoms with Gasteiger partial charge in [0.15, 0.2) is 10.8 Å². The fourth-order valence-corrected chi connectivity index (χ4v) is 2.35. The van der Waals surface area contributed by atoms with E-state index in [1.54, 1.807) is 6.07 Å². The van der Waals surface area contributed by atoms with E-state index in [2.05, 4.69) is 20.5 Å². The number of nitrogens with zero attached hydrogens (tertiary/aromatic N) is 3. The van der Waals surface area contributed by atoms with Crippen molar-refractivity contribution >= 4 is 33.3 Å². The lowest BCUT2D eigenvalue weighted by atomic mass is 10.2. The molecule has 0 aliphatic heterocycles. The molecule has 0 aliphatic rings. The molecule has 19 heavy (non-hydrogen) atoms. The minimum Gasteiger partial charge on any atom is -0.296 e. The van der Waals surface area contributed by atoms with Crippen LogP contribution in [0.2, 0.25) is 0 Å². The number of nitrogens with one attached hydrogen (secondary N) is 1. The third kappa shape index (κ3) is 2.43. The van der Waals surface area contributed by atoms with E-state index in [4.69, 9.17) is 0 Å². The zero-order valence-electron chi connectivity index (χ0n) is 10.1. The van der Waals surface area contributed by atoms with Gasteiger partial charge in [0, 0.05) is 10.8 Å². The molecule has 0 saturated carbocycles. The minimum absolute atomic E-state index is 0.284. The standard InChI is InChI=1S/C13H10N4OS/c1-8-7-19-13(14-8)15-12(18)11-6-9-4-2-3-5-10(9)16-17-11/h2-7H,1H3,(H,14,15,18). The second kappa shape index (κ2) is 4.74. The second-order valence-corrected chi connectivity index (χ2v) is 4.89. The molecule has 0 radical (unpaired) electrons. The zero-order chi connectivity index (χ0) is 13.2. The number of aromatic nitrogens is 3. The van der Waals surface area contributed by atoms with Gasteiger partial charge in [-0.05, 0) is 19.1 Å². The van der Waals surface area contributed by atoms with Crippen LogP contribution in [0.4, 0.5) is 5.13 Å². The lowest BCUT2D eigenvalue weighted by molar-refractivity contribution is 0.102. The number of hydrogen-bond donors (Lipinski definition) is 1. The molecule has 0 unspecified atom stereocenters. The molecule has 2 heterocycles. The summed E-state index contributed by atoms with van der Waals surface area (Å²) in [6.45, 7) is 1.88. The molecular weight excluding hydrogens is 260 g/mol. The summed E-state index contributed by atoms with van der Waals surface area (Å²) in [5.41, 5.74) is 1.93. The number of anilines is 1. The smallest absolute Gasteiger partial charge is 0.277 e. The van der Waals surface area contributed by atoms with E-state index < -0.39 is 0 Å². The molecule has 0 atom stereocenters. The molecule has 0 fully saturated rings. The highest BCUT2D eigenvalue weighted by Crippen LogP contribution is 2.16. The van der Waals surface area contributed by atoms with Crippen molar-refractivity contribution in [1.29, 1.82) is 0 Å². The highest BCUT2D eigenvalue weighted by Gasteiger charge is 2.11. The number of benzene rings is 1. The first kappa shape index (κ1) is 11.7. The molecule has 1 amide bonds. The fraction of sp³-hybridized carbons (Fsp3) is 0.0769. The van der Waals surface area contributed by atoms with Gasteiger partial charge in [-0.3, -0.25) is 10.1 Å². The Labute approximate surface area is 113 Å². The molecule has 6 heteroatoms. The maximum Gasteiger partial charge on any atom is 0.277 e. The molecule has 3 rings (SSSR count). The van der Waals surface area contributed by atoms with E-state index in [0.717, 1.165) is 16.6 Å². The predicted octanol–water partition coefficient (Wildman–Crippen LogP) is 2.65. The molecule has 0 spiro atoms. The zero-order valence-corrected chi connectivity index (χ0v) is 10.9. The van der Waals surface area contributed by atoms with Crippen molar-refractivity contribution in [3.8, 4) is 0 Å². The quantitative estimate of drug-likeness (QED) is 0.777. The average Bonchev–Trinajstić information content (AvgIpc) is 2.83.